The van der Waals surface area contributed by atoms with E-state index in [0.29, 0.717) is 5.56 Å². The molecule has 0 aliphatic heterocycles. The van der Waals surface area contributed by atoms with E-state index in [4.69, 9.17) is 0 Å². The molecule has 24 heavy (non-hydrogen) atoms. The lowest BCUT2D eigenvalue weighted by atomic mass is 9.97. The second-order valence-electron chi connectivity index (χ2n) is 5.29. The molecule has 6 nitrogen and oxygen atoms in total. The Labute approximate surface area is 136 Å². The highest BCUT2D eigenvalue weighted by Gasteiger charge is 2.41. The lowest BCUT2D eigenvalue weighted by Crippen LogP contribution is -2.23. The van der Waals surface area contributed by atoms with Crippen molar-refractivity contribution in [2.45, 2.75) is 0 Å². The van der Waals surface area contributed by atoms with Crippen molar-refractivity contribution in [3.63, 3.8) is 0 Å². The summed E-state index contributed by atoms with van der Waals surface area (Å²) in [5.74, 6) is -2.92. The molecule has 0 aromatic heterocycles. The van der Waals surface area contributed by atoms with E-state index in [1.807, 2.05) is 0 Å². The zero-order valence-corrected chi connectivity index (χ0v) is 12.3. The number of benzene rings is 2. The van der Waals surface area contributed by atoms with Gasteiger partial charge in [-0.25, -0.2) is 0 Å². The molecule has 0 saturated carbocycles. The average molecular weight is 321 g/mol. The maximum atomic E-state index is 12.2. The lowest BCUT2D eigenvalue weighted by molar-refractivity contribution is -0.384. The quantitative estimate of drug-likeness (QED) is 0.373. The molecule has 0 heterocycles. The minimum atomic E-state index is -1.34. The van der Waals surface area contributed by atoms with Crippen molar-refractivity contribution in [2.24, 2.45) is 5.92 Å². The number of rotatable bonds is 4. The molecule has 0 fully saturated rings. The fraction of sp³-hybridized carbons (Fsp3) is 0.0556. The largest absolute Gasteiger partial charge is 0.294 e. The highest BCUT2D eigenvalue weighted by Crippen LogP contribution is 2.27. The van der Waals surface area contributed by atoms with Crippen LogP contribution in [0.3, 0.4) is 0 Å². The first-order valence-electron chi connectivity index (χ1n) is 7.13. The first kappa shape index (κ1) is 15.5. The standard InChI is InChI=1S/C18H11NO5/c20-15(10-7-11-5-8-12(9-6-11)19(23)24)16-17(21)13-3-1-2-4-14(13)18(16)22/h1-10,16H. The van der Waals surface area contributed by atoms with Crippen LogP contribution in [0.4, 0.5) is 5.69 Å². The monoisotopic (exact) mass is 321 g/mol. The van der Waals surface area contributed by atoms with Crippen LogP contribution in [-0.4, -0.2) is 22.3 Å². The van der Waals surface area contributed by atoms with E-state index in [1.54, 1.807) is 12.1 Å². The zero-order valence-electron chi connectivity index (χ0n) is 12.3. The number of Topliss-reactive ketones (excluding diaryl/α,β-unsaturated/α-hetero) is 2. The van der Waals surface area contributed by atoms with E-state index in [0.717, 1.165) is 6.08 Å². The number of ketones is 3. The van der Waals surface area contributed by atoms with Gasteiger partial charge in [0.1, 0.15) is 5.92 Å². The van der Waals surface area contributed by atoms with Gasteiger partial charge in [-0.2, -0.15) is 0 Å². The summed E-state index contributed by atoms with van der Waals surface area (Å²) in [4.78, 5) is 46.8. The number of non-ortho nitro benzene ring substituents is 1. The number of nitro groups is 1. The second kappa shape index (κ2) is 6.00. The van der Waals surface area contributed by atoms with Gasteiger partial charge in [0.2, 0.25) is 0 Å². The predicted octanol–water partition coefficient (Wildman–Crippen LogP) is 2.87. The third-order valence-corrected chi connectivity index (χ3v) is 3.81. The lowest BCUT2D eigenvalue weighted by Gasteiger charge is -2.01. The van der Waals surface area contributed by atoms with Crippen LogP contribution in [-0.2, 0) is 4.79 Å². The summed E-state index contributed by atoms with van der Waals surface area (Å²) in [7, 11) is 0. The summed E-state index contributed by atoms with van der Waals surface area (Å²) in [5.41, 5.74) is 1.04. The molecule has 118 valence electrons. The molecular formula is C18H11NO5. The fourth-order valence-corrected chi connectivity index (χ4v) is 2.58. The molecule has 0 unspecified atom stereocenters. The van der Waals surface area contributed by atoms with Gasteiger partial charge >= 0.3 is 0 Å². The van der Waals surface area contributed by atoms with Crippen molar-refractivity contribution in [3.8, 4) is 0 Å². The van der Waals surface area contributed by atoms with Crippen LogP contribution in [0.1, 0.15) is 26.3 Å². The van der Waals surface area contributed by atoms with E-state index in [-0.39, 0.29) is 16.8 Å². The van der Waals surface area contributed by atoms with Crippen molar-refractivity contribution in [2.75, 3.05) is 0 Å². The number of fused-ring (bicyclic) bond motifs is 1. The van der Waals surface area contributed by atoms with Crippen molar-refractivity contribution < 1.29 is 19.3 Å². The number of nitro benzene ring substituents is 1. The summed E-state index contributed by atoms with van der Waals surface area (Å²) < 4.78 is 0. The maximum absolute atomic E-state index is 12.2. The third-order valence-electron chi connectivity index (χ3n) is 3.81. The molecule has 0 amide bonds. The third kappa shape index (κ3) is 2.65. The molecule has 0 radical (unpaired) electrons. The predicted molar refractivity (Wildman–Crippen MR) is 85.7 cm³/mol. The fourth-order valence-electron chi connectivity index (χ4n) is 2.58. The number of carbonyl (C=O) groups is 3. The molecule has 2 aromatic carbocycles. The average Bonchev–Trinajstić information content (AvgIpc) is 2.85. The molecule has 0 saturated heterocycles. The number of hydrogen-bond acceptors (Lipinski definition) is 5. The first-order valence-corrected chi connectivity index (χ1v) is 7.13. The van der Waals surface area contributed by atoms with Gasteiger partial charge in [-0.1, -0.05) is 30.3 Å². The van der Waals surface area contributed by atoms with Gasteiger partial charge in [0, 0.05) is 23.3 Å². The van der Waals surface area contributed by atoms with E-state index in [2.05, 4.69) is 0 Å². The Morgan fingerprint density at radius 2 is 1.50 bits per heavy atom. The van der Waals surface area contributed by atoms with Gasteiger partial charge in [0.05, 0.1) is 4.92 Å². The van der Waals surface area contributed by atoms with Crippen molar-refractivity contribution >= 4 is 29.1 Å². The molecule has 0 atom stereocenters. The molecule has 6 heteroatoms. The van der Waals surface area contributed by atoms with Crippen LogP contribution >= 0.6 is 0 Å². The van der Waals surface area contributed by atoms with Gasteiger partial charge in [-0.05, 0) is 23.8 Å². The Morgan fingerprint density at radius 3 is 2.00 bits per heavy atom. The van der Waals surface area contributed by atoms with Crippen molar-refractivity contribution in [1.29, 1.82) is 0 Å². The molecule has 0 N–H and O–H groups in total. The van der Waals surface area contributed by atoms with Crippen LogP contribution in [0.25, 0.3) is 6.08 Å². The molecular weight excluding hydrogens is 310 g/mol. The normalized spacial score (nSPS) is 14.2. The number of allylic oxidation sites excluding steroid dienone is 1. The molecule has 1 aliphatic carbocycles. The Balaban J connectivity index is 1.79. The Morgan fingerprint density at radius 1 is 0.958 bits per heavy atom. The minimum Gasteiger partial charge on any atom is -0.294 e. The topological polar surface area (TPSA) is 94.3 Å². The Hall–Kier alpha value is -3.41. The van der Waals surface area contributed by atoms with Gasteiger partial charge in [0.25, 0.3) is 5.69 Å². The summed E-state index contributed by atoms with van der Waals surface area (Å²) in [6.45, 7) is 0. The van der Waals surface area contributed by atoms with Crippen LogP contribution in [0.5, 0.6) is 0 Å². The van der Waals surface area contributed by atoms with Crippen molar-refractivity contribution in [1.82, 2.24) is 0 Å². The van der Waals surface area contributed by atoms with Crippen LogP contribution in [0, 0.1) is 16.0 Å². The number of nitrogens with zero attached hydrogens (tertiary/aromatic N) is 1. The van der Waals surface area contributed by atoms with E-state index >= 15 is 0 Å². The highest BCUT2D eigenvalue weighted by molar-refractivity contribution is 6.37. The van der Waals surface area contributed by atoms with E-state index < -0.39 is 28.2 Å². The van der Waals surface area contributed by atoms with Crippen molar-refractivity contribution in [3.05, 3.63) is 81.4 Å². The van der Waals surface area contributed by atoms with Gasteiger partial charge in [-0.3, -0.25) is 24.5 Å². The van der Waals surface area contributed by atoms with Crippen LogP contribution in [0.15, 0.2) is 54.6 Å². The second-order valence-corrected chi connectivity index (χ2v) is 5.29. The maximum Gasteiger partial charge on any atom is 0.269 e. The highest BCUT2D eigenvalue weighted by atomic mass is 16.6. The summed E-state index contributed by atoms with van der Waals surface area (Å²) in [5, 5.41) is 10.6. The molecule has 2 aromatic rings. The summed E-state index contributed by atoms with van der Waals surface area (Å²) in [6, 6.07) is 11.9. The van der Waals surface area contributed by atoms with Gasteiger partial charge in [-0.15, -0.1) is 0 Å². The molecule has 3 rings (SSSR count). The summed E-state index contributed by atoms with van der Waals surface area (Å²) >= 11 is 0. The number of carbonyl (C=O) groups excluding carboxylic acids is 3. The molecule has 1 aliphatic rings. The van der Waals surface area contributed by atoms with Gasteiger partial charge in [0.15, 0.2) is 17.3 Å². The minimum absolute atomic E-state index is 0.0601. The molecule has 0 bridgehead atoms. The smallest absolute Gasteiger partial charge is 0.269 e. The van der Waals surface area contributed by atoms with E-state index in [1.165, 1.54) is 42.5 Å². The Kier molecular flexibility index (Phi) is 3.87. The van der Waals surface area contributed by atoms with Crippen LogP contribution in [0.2, 0.25) is 0 Å². The zero-order chi connectivity index (χ0) is 17.3. The van der Waals surface area contributed by atoms with Gasteiger partial charge < -0.3 is 0 Å². The van der Waals surface area contributed by atoms with E-state index in [9.17, 15) is 24.5 Å². The summed E-state index contributed by atoms with van der Waals surface area (Å²) in [6.07, 6.45) is 2.59. The Bertz CT molecular complexity index is 861. The number of hydrogen-bond donors (Lipinski definition) is 0. The first-order chi connectivity index (χ1) is 11.5. The molecule has 0 spiro atoms. The van der Waals surface area contributed by atoms with Crippen LogP contribution < -0.4 is 0 Å². The SMILES string of the molecule is O=C(C=Cc1ccc([N+](=O)[O-])cc1)C1C(=O)c2ccccc2C1=O.